The SMILES string of the molecule is COc1ccccc1CC(=O)N1CCN(S(=O)(=O)c2ccc(C)cc2C)CC1. The van der Waals surface area contributed by atoms with Crippen molar-refractivity contribution in [2.75, 3.05) is 33.3 Å². The summed E-state index contributed by atoms with van der Waals surface area (Å²) < 4.78 is 32.7. The topological polar surface area (TPSA) is 66.9 Å². The number of ether oxygens (including phenoxy) is 1. The highest BCUT2D eigenvalue weighted by Crippen LogP contribution is 2.23. The molecule has 1 saturated heterocycles. The lowest BCUT2D eigenvalue weighted by molar-refractivity contribution is -0.131. The minimum absolute atomic E-state index is 0.0203. The van der Waals surface area contributed by atoms with Gasteiger partial charge < -0.3 is 9.64 Å². The summed E-state index contributed by atoms with van der Waals surface area (Å²) in [5.74, 6) is 0.667. The number of piperazine rings is 1. The van der Waals surface area contributed by atoms with Crippen molar-refractivity contribution in [2.24, 2.45) is 0 Å². The first-order valence-corrected chi connectivity index (χ1v) is 10.7. The molecule has 28 heavy (non-hydrogen) atoms. The number of hydrogen-bond acceptors (Lipinski definition) is 4. The van der Waals surface area contributed by atoms with Crippen LogP contribution in [0.3, 0.4) is 0 Å². The Morgan fingerprint density at radius 3 is 2.36 bits per heavy atom. The van der Waals surface area contributed by atoms with Crippen molar-refractivity contribution in [3.05, 3.63) is 59.2 Å². The summed E-state index contributed by atoms with van der Waals surface area (Å²) in [5, 5.41) is 0. The first-order valence-electron chi connectivity index (χ1n) is 9.30. The largest absolute Gasteiger partial charge is 0.496 e. The third-order valence-corrected chi connectivity index (χ3v) is 7.13. The monoisotopic (exact) mass is 402 g/mol. The second-order valence-corrected chi connectivity index (χ2v) is 8.95. The maximum absolute atomic E-state index is 13.0. The van der Waals surface area contributed by atoms with Crippen LogP contribution < -0.4 is 4.74 Å². The fourth-order valence-electron chi connectivity index (χ4n) is 3.53. The summed E-state index contributed by atoms with van der Waals surface area (Å²) in [6.45, 7) is 5.12. The maximum Gasteiger partial charge on any atom is 0.243 e. The summed E-state index contributed by atoms with van der Waals surface area (Å²) in [5.41, 5.74) is 2.61. The van der Waals surface area contributed by atoms with Crippen LogP contribution in [0.15, 0.2) is 47.4 Å². The van der Waals surface area contributed by atoms with E-state index >= 15 is 0 Å². The van der Waals surface area contributed by atoms with Crippen LogP contribution in [0.1, 0.15) is 16.7 Å². The fourth-order valence-corrected chi connectivity index (χ4v) is 5.16. The van der Waals surface area contributed by atoms with Gasteiger partial charge in [0.25, 0.3) is 0 Å². The van der Waals surface area contributed by atoms with E-state index in [1.54, 1.807) is 18.1 Å². The van der Waals surface area contributed by atoms with Crippen LogP contribution in [0.2, 0.25) is 0 Å². The summed E-state index contributed by atoms with van der Waals surface area (Å²) in [6, 6.07) is 12.8. The first-order chi connectivity index (χ1) is 13.3. The summed E-state index contributed by atoms with van der Waals surface area (Å²) in [6.07, 6.45) is 0.244. The van der Waals surface area contributed by atoms with Crippen molar-refractivity contribution >= 4 is 15.9 Å². The van der Waals surface area contributed by atoms with Gasteiger partial charge in [0, 0.05) is 31.7 Å². The molecule has 0 radical (unpaired) electrons. The molecule has 1 fully saturated rings. The minimum atomic E-state index is -3.55. The predicted octanol–water partition coefficient (Wildman–Crippen LogP) is 2.39. The van der Waals surface area contributed by atoms with E-state index in [1.165, 1.54) is 4.31 Å². The maximum atomic E-state index is 13.0. The molecule has 1 amide bonds. The number of amides is 1. The van der Waals surface area contributed by atoms with E-state index in [0.29, 0.717) is 36.8 Å². The van der Waals surface area contributed by atoms with Crippen LogP contribution in [-0.2, 0) is 21.2 Å². The molecule has 2 aromatic rings. The Labute approximate surface area is 166 Å². The highest BCUT2D eigenvalue weighted by molar-refractivity contribution is 7.89. The quantitative estimate of drug-likeness (QED) is 0.770. The molecule has 1 heterocycles. The fraction of sp³-hybridized carbons (Fsp3) is 0.381. The van der Waals surface area contributed by atoms with Gasteiger partial charge in [-0.1, -0.05) is 35.9 Å². The number of sulfonamides is 1. The molecule has 0 saturated carbocycles. The van der Waals surface area contributed by atoms with Crippen LogP contribution in [0, 0.1) is 13.8 Å². The molecule has 0 spiro atoms. The van der Waals surface area contributed by atoms with Gasteiger partial charge in [0.1, 0.15) is 5.75 Å². The van der Waals surface area contributed by atoms with Crippen molar-refractivity contribution in [1.82, 2.24) is 9.21 Å². The van der Waals surface area contributed by atoms with Gasteiger partial charge in [0.15, 0.2) is 0 Å². The van der Waals surface area contributed by atoms with E-state index in [0.717, 1.165) is 16.7 Å². The van der Waals surface area contributed by atoms with Gasteiger partial charge in [-0.05, 0) is 31.5 Å². The highest BCUT2D eigenvalue weighted by atomic mass is 32.2. The molecule has 2 aromatic carbocycles. The van der Waals surface area contributed by atoms with Gasteiger partial charge in [-0.2, -0.15) is 4.31 Å². The van der Waals surface area contributed by atoms with Crippen LogP contribution in [0.25, 0.3) is 0 Å². The summed E-state index contributed by atoms with van der Waals surface area (Å²) >= 11 is 0. The number of nitrogens with zero attached hydrogens (tertiary/aromatic N) is 2. The molecule has 1 aliphatic heterocycles. The third-order valence-electron chi connectivity index (χ3n) is 5.07. The van der Waals surface area contributed by atoms with Gasteiger partial charge in [-0.25, -0.2) is 8.42 Å². The lowest BCUT2D eigenvalue weighted by Gasteiger charge is -2.34. The van der Waals surface area contributed by atoms with Crippen LogP contribution in [0.5, 0.6) is 5.75 Å². The summed E-state index contributed by atoms with van der Waals surface area (Å²) in [4.78, 5) is 14.7. The summed E-state index contributed by atoms with van der Waals surface area (Å²) in [7, 11) is -1.97. The second kappa shape index (κ2) is 8.32. The lowest BCUT2D eigenvalue weighted by atomic mass is 10.1. The Balaban J connectivity index is 1.66. The van der Waals surface area contributed by atoms with E-state index in [9.17, 15) is 13.2 Å². The zero-order valence-electron chi connectivity index (χ0n) is 16.5. The molecule has 0 aliphatic carbocycles. The highest BCUT2D eigenvalue weighted by Gasteiger charge is 2.31. The van der Waals surface area contributed by atoms with Gasteiger partial charge in [0.05, 0.1) is 18.4 Å². The van der Waals surface area contributed by atoms with Crippen LogP contribution >= 0.6 is 0 Å². The van der Waals surface area contributed by atoms with Crippen LogP contribution in [-0.4, -0.2) is 56.8 Å². The van der Waals surface area contributed by atoms with Crippen LogP contribution in [0.4, 0.5) is 0 Å². The van der Waals surface area contributed by atoms with Gasteiger partial charge in [-0.3, -0.25) is 4.79 Å². The molecular weight excluding hydrogens is 376 g/mol. The Morgan fingerprint density at radius 1 is 1.04 bits per heavy atom. The average Bonchev–Trinajstić information content (AvgIpc) is 2.68. The number of para-hydroxylation sites is 1. The molecule has 3 rings (SSSR count). The number of carbonyl (C=O) groups is 1. The molecule has 150 valence electrons. The lowest BCUT2D eigenvalue weighted by Crippen LogP contribution is -2.50. The average molecular weight is 403 g/mol. The van der Waals surface area contributed by atoms with E-state index in [-0.39, 0.29) is 12.3 Å². The zero-order valence-corrected chi connectivity index (χ0v) is 17.3. The molecule has 6 nitrogen and oxygen atoms in total. The number of aryl methyl sites for hydroxylation is 2. The standard InChI is InChI=1S/C21H26N2O4S/c1-16-8-9-20(17(2)14-16)28(25,26)23-12-10-22(11-13-23)21(24)15-18-6-4-5-7-19(18)27-3/h4-9,14H,10-13,15H2,1-3H3. The van der Waals surface area contributed by atoms with Crippen molar-refractivity contribution in [2.45, 2.75) is 25.2 Å². The van der Waals surface area contributed by atoms with Crippen molar-refractivity contribution in [3.8, 4) is 5.75 Å². The van der Waals surface area contributed by atoms with Crippen molar-refractivity contribution in [3.63, 3.8) is 0 Å². The molecule has 0 N–H and O–H groups in total. The van der Waals surface area contributed by atoms with Gasteiger partial charge in [-0.15, -0.1) is 0 Å². The molecule has 1 aliphatic rings. The number of benzene rings is 2. The van der Waals surface area contributed by atoms with Crippen molar-refractivity contribution in [1.29, 1.82) is 0 Å². The molecule has 0 aromatic heterocycles. The normalized spacial score (nSPS) is 15.5. The van der Waals surface area contributed by atoms with E-state index < -0.39 is 10.0 Å². The minimum Gasteiger partial charge on any atom is -0.496 e. The second-order valence-electron chi connectivity index (χ2n) is 7.04. The van der Waals surface area contributed by atoms with Gasteiger partial charge in [0.2, 0.25) is 15.9 Å². The number of methoxy groups -OCH3 is 1. The Hall–Kier alpha value is -2.38. The molecular formula is C21H26N2O4S. The molecule has 0 bridgehead atoms. The number of hydrogen-bond donors (Lipinski definition) is 0. The Morgan fingerprint density at radius 2 is 1.71 bits per heavy atom. The smallest absolute Gasteiger partial charge is 0.243 e. The van der Waals surface area contributed by atoms with E-state index in [2.05, 4.69) is 0 Å². The molecule has 0 unspecified atom stereocenters. The van der Waals surface area contributed by atoms with E-state index in [1.807, 2.05) is 50.2 Å². The Bertz CT molecular complexity index is 964. The Kier molecular flexibility index (Phi) is 6.05. The van der Waals surface area contributed by atoms with Gasteiger partial charge >= 0.3 is 0 Å². The zero-order chi connectivity index (χ0) is 20.3. The first kappa shape index (κ1) is 20.4. The molecule has 0 atom stereocenters. The van der Waals surface area contributed by atoms with Crippen molar-refractivity contribution < 1.29 is 17.9 Å². The molecule has 7 heteroatoms. The third kappa shape index (κ3) is 4.20. The number of carbonyl (C=O) groups excluding carboxylic acids is 1. The number of rotatable bonds is 5. The van der Waals surface area contributed by atoms with E-state index in [4.69, 9.17) is 4.74 Å². The predicted molar refractivity (Wildman–Crippen MR) is 108 cm³/mol.